The summed E-state index contributed by atoms with van der Waals surface area (Å²) in [7, 11) is -2.30. The van der Waals surface area contributed by atoms with E-state index in [0.29, 0.717) is 29.9 Å². The Labute approximate surface area is 300 Å². The van der Waals surface area contributed by atoms with Gasteiger partial charge in [0, 0.05) is 41.4 Å². The molecule has 51 heavy (non-hydrogen) atoms. The molecular formula is C37H51N5O8S. The fourth-order valence-electron chi connectivity index (χ4n) is 6.83. The van der Waals surface area contributed by atoms with E-state index in [-0.39, 0.29) is 31.7 Å². The number of ether oxygens (including phenoxy) is 2. The van der Waals surface area contributed by atoms with E-state index in [1.807, 2.05) is 60.6 Å². The smallest absolute Gasteiger partial charge is 0.259 e. The summed E-state index contributed by atoms with van der Waals surface area (Å²) in [4.78, 5) is 61.4. The zero-order valence-corrected chi connectivity index (χ0v) is 31.6. The van der Waals surface area contributed by atoms with Crippen LogP contribution >= 0.6 is 0 Å². The number of nitrogens with zero attached hydrogens (tertiary/aromatic N) is 2. The van der Waals surface area contributed by atoms with E-state index >= 15 is 0 Å². The molecule has 1 aliphatic heterocycles. The molecule has 3 N–H and O–H groups in total. The molecule has 2 heterocycles. The lowest BCUT2D eigenvalue weighted by molar-refractivity contribution is -0.147. The third-order valence-corrected chi connectivity index (χ3v) is 11.8. The first-order chi connectivity index (χ1) is 23.7. The predicted octanol–water partition coefficient (Wildman–Crippen LogP) is 3.54. The first-order valence-corrected chi connectivity index (χ1v) is 19.0. The van der Waals surface area contributed by atoms with Crippen LogP contribution in [-0.4, -0.2) is 84.1 Å². The van der Waals surface area contributed by atoms with Crippen LogP contribution in [0.4, 0.5) is 0 Å². The van der Waals surface area contributed by atoms with Crippen molar-refractivity contribution in [3.63, 3.8) is 0 Å². The Hall–Kier alpha value is -4.20. The fourth-order valence-corrected chi connectivity index (χ4v) is 8.20. The quantitative estimate of drug-likeness (QED) is 0.277. The number of aromatic nitrogens is 1. The van der Waals surface area contributed by atoms with Gasteiger partial charge in [-0.15, -0.1) is 6.58 Å². The van der Waals surface area contributed by atoms with Crippen LogP contribution < -0.4 is 24.8 Å². The maximum atomic E-state index is 14.6. The molecule has 3 fully saturated rings. The zero-order chi connectivity index (χ0) is 37.7. The Morgan fingerprint density at radius 2 is 1.78 bits per heavy atom. The van der Waals surface area contributed by atoms with Crippen molar-refractivity contribution in [3.8, 4) is 11.5 Å². The number of likely N-dealkylation sites (tertiary alicyclic amines) is 1. The van der Waals surface area contributed by atoms with E-state index in [4.69, 9.17) is 9.47 Å². The number of hydrogen-bond acceptors (Lipinski definition) is 9. The monoisotopic (exact) mass is 725 g/mol. The second kappa shape index (κ2) is 13.7. The van der Waals surface area contributed by atoms with E-state index in [9.17, 15) is 27.6 Å². The van der Waals surface area contributed by atoms with Gasteiger partial charge in [-0.2, -0.15) is 0 Å². The molecule has 13 nitrogen and oxygen atoms in total. The second-order valence-corrected chi connectivity index (χ2v) is 18.1. The van der Waals surface area contributed by atoms with Gasteiger partial charge >= 0.3 is 0 Å². The van der Waals surface area contributed by atoms with Gasteiger partial charge in [0.1, 0.15) is 29.2 Å². The Morgan fingerprint density at radius 3 is 2.35 bits per heavy atom. The number of hydrogen-bond donors (Lipinski definition) is 3. The molecule has 2 aromatic rings. The van der Waals surface area contributed by atoms with Crippen LogP contribution in [0.25, 0.3) is 10.9 Å². The van der Waals surface area contributed by atoms with Gasteiger partial charge in [0.15, 0.2) is 0 Å². The average molecular weight is 726 g/mol. The molecule has 1 saturated heterocycles. The third-order valence-electron chi connectivity index (χ3n) is 9.93. The number of carbonyl (C=O) groups is 4. The lowest BCUT2D eigenvalue weighted by Gasteiger charge is -2.35. The lowest BCUT2D eigenvalue weighted by atomic mass is 9.77. The van der Waals surface area contributed by atoms with Gasteiger partial charge in [0.25, 0.3) is 5.91 Å². The Morgan fingerprint density at radius 1 is 1.10 bits per heavy atom. The number of benzene rings is 1. The van der Waals surface area contributed by atoms with Crippen molar-refractivity contribution in [1.82, 2.24) is 25.2 Å². The third kappa shape index (κ3) is 8.15. The van der Waals surface area contributed by atoms with E-state index in [1.165, 1.54) is 11.0 Å². The molecule has 4 amide bonds. The normalized spacial score (nSPS) is 24.0. The molecule has 14 heteroatoms. The summed E-state index contributed by atoms with van der Waals surface area (Å²) < 4.78 is 39.5. The van der Waals surface area contributed by atoms with Gasteiger partial charge in [-0.05, 0) is 70.6 Å². The van der Waals surface area contributed by atoms with E-state index in [0.717, 1.165) is 10.9 Å². The summed E-state index contributed by atoms with van der Waals surface area (Å²) in [6.07, 6.45) is 3.58. The second-order valence-electron chi connectivity index (χ2n) is 16.2. The molecule has 5 rings (SSSR count). The van der Waals surface area contributed by atoms with E-state index < -0.39 is 73.5 Å². The summed E-state index contributed by atoms with van der Waals surface area (Å²) in [6, 6.07) is 4.31. The number of carbonyl (C=O) groups excluding carboxylic acids is 4. The van der Waals surface area contributed by atoms with Crippen LogP contribution in [0, 0.1) is 24.2 Å². The first-order valence-electron chi connectivity index (χ1n) is 17.4. The minimum Gasteiger partial charge on any atom is -0.496 e. The number of aryl methyl sites for hydroxylation is 1. The van der Waals surface area contributed by atoms with Gasteiger partial charge in [-0.25, -0.2) is 8.42 Å². The Bertz CT molecular complexity index is 1840. The molecule has 1 aromatic carbocycles. The average Bonchev–Trinajstić information content (AvgIpc) is 3.95. The molecule has 0 spiro atoms. The highest BCUT2D eigenvalue weighted by molar-refractivity contribution is 7.91. The highest BCUT2D eigenvalue weighted by Crippen LogP contribution is 2.46. The predicted molar refractivity (Wildman–Crippen MR) is 192 cm³/mol. The van der Waals surface area contributed by atoms with Crippen LogP contribution in [0.3, 0.4) is 0 Å². The number of methoxy groups -OCH3 is 1. The van der Waals surface area contributed by atoms with Crippen LogP contribution in [0.2, 0.25) is 0 Å². The highest BCUT2D eigenvalue weighted by atomic mass is 32.2. The van der Waals surface area contributed by atoms with Crippen molar-refractivity contribution in [2.24, 2.45) is 17.3 Å². The fraction of sp³-hybridized carbons (Fsp3) is 0.595. The van der Waals surface area contributed by atoms with Crippen LogP contribution in [0.15, 0.2) is 37.1 Å². The van der Waals surface area contributed by atoms with E-state index in [1.54, 1.807) is 19.4 Å². The van der Waals surface area contributed by atoms with Gasteiger partial charge in [0.2, 0.25) is 27.7 Å². The summed E-state index contributed by atoms with van der Waals surface area (Å²) >= 11 is 0. The van der Waals surface area contributed by atoms with Gasteiger partial charge in [-0.3, -0.25) is 28.9 Å². The summed E-state index contributed by atoms with van der Waals surface area (Å²) in [5, 5.41) is 5.86. The van der Waals surface area contributed by atoms with Crippen molar-refractivity contribution >= 4 is 44.6 Å². The maximum absolute atomic E-state index is 14.6. The minimum atomic E-state index is -3.88. The largest absolute Gasteiger partial charge is 0.496 e. The summed E-state index contributed by atoms with van der Waals surface area (Å²) in [5.74, 6) is -2.25. The van der Waals surface area contributed by atoms with Crippen LogP contribution in [-0.2, 0) is 29.2 Å². The standard InChI is InChI=1S/C37H51N5O8S/c1-10-22-19-37(22,34(46)41-51(47,48)24-11-12-24)40-32(44)27-17-23(50-29-15-16-38-31-21(2)28(49-9)14-13-25(29)31)20-42(27)33(45)26(35(3,4)5)18-30(43)39-36(6,7)8/h10,13-16,22-24,26-27H,1,11-12,17-20H2,2-9H3,(H,39,43)(H,40,44)(H,41,46)/t22-,23-,26-,27-,37-/m1/s1. The first kappa shape index (κ1) is 38.0. The molecule has 0 unspecified atom stereocenters. The molecular weight excluding hydrogens is 675 g/mol. The highest BCUT2D eigenvalue weighted by Gasteiger charge is 2.62. The Kier molecular flexibility index (Phi) is 10.2. The van der Waals surface area contributed by atoms with Crippen LogP contribution in [0.1, 0.15) is 79.2 Å². The molecule has 0 radical (unpaired) electrons. The van der Waals surface area contributed by atoms with Gasteiger partial charge in [-0.1, -0.05) is 26.8 Å². The van der Waals surface area contributed by atoms with Gasteiger partial charge < -0.3 is 25.0 Å². The maximum Gasteiger partial charge on any atom is 0.259 e. The molecule has 278 valence electrons. The molecule has 1 aromatic heterocycles. The van der Waals surface area contributed by atoms with Crippen molar-refractivity contribution in [1.29, 1.82) is 0 Å². The SMILES string of the molecule is C=C[C@@H]1C[C@]1(NC(=O)[C@H]1C[C@@H](Oc2ccnc3c(C)c(OC)ccc23)CN1C(=O)[C@@H](CC(=O)NC(C)(C)C)C(C)(C)C)C(=O)NS(=O)(=O)C1CC1. The molecule has 0 bridgehead atoms. The summed E-state index contributed by atoms with van der Waals surface area (Å²) in [6.45, 7) is 16.9. The minimum absolute atomic E-state index is 0.0312. The molecule has 5 atom stereocenters. The number of sulfonamides is 1. The topological polar surface area (TPSA) is 173 Å². The van der Waals surface area contributed by atoms with Crippen molar-refractivity contribution < 1.29 is 37.1 Å². The molecule has 2 saturated carbocycles. The molecule has 2 aliphatic carbocycles. The van der Waals surface area contributed by atoms with E-state index in [2.05, 4.69) is 26.9 Å². The Balaban J connectivity index is 1.46. The summed E-state index contributed by atoms with van der Waals surface area (Å²) in [5.41, 5.74) is -1.19. The van der Waals surface area contributed by atoms with Crippen molar-refractivity contribution in [2.75, 3.05) is 13.7 Å². The number of pyridine rings is 1. The number of rotatable bonds is 12. The van der Waals surface area contributed by atoms with Gasteiger partial charge in [0.05, 0.1) is 30.3 Å². The van der Waals surface area contributed by atoms with Crippen LogP contribution in [0.5, 0.6) is 11.5 Å². The number of amides is 4. The molecule has 3 aliphatic rings. The zero-order valence-electron chi connectivity index (χ0n) is 30.8. The number of fused-ring (bicyclic) bond motifs is 1. The lowest BCUT2D eigenvalue weighted by Crippen LogP contribution is -2.57. The van der Waals surface area contributed by atoms with Crippen molar-refractivity contribution in [3.05, 3.63) is 42.6 Å². The van der Waals surface area contributed by atoms with Crippen molar-refractivity contribution in [2.45, 2.75) is 109 Å². The number of nitrogens with one attached hydrogen (secondary N) is 3.